The van der Waals surface area contributed by atoms with Crippen LogP contribution in [0.2, 0.25) is 0 Å². The first-order chi connectivity index (χ1) is 8.83. The summed E-state index contributed by atoms with van der Waals surface area (Å²) < 4.78 is 27.4. The molecule has 0 aromatic heterocycles. The normalized spacial score (nSPS) is 14.3. The molecular formula is C10H9ClN2O5S. The highest BCUT2D eigenvalue weighted by Crippen LogP contribution is 2.26. The zero-order valence-electron chi connectivity index (χ0n) is 9.47. The van der Waals surface area contributed by atoms with Crippen molar-refractivity contribution in [1.29, 1.82) is 0 Å². The van der Waals surface area contributed by atoms with Crippen LogP contribution in [0.4, 0.5) is 10.5 Å². The first-order valence-corrected chi connectivity index (χ1v) is 7.51. The fourth-order valence-electron chi connectivity index (χ4n) is 1.65. The lowest BCUT2D eigenvalue weighted by atomic mass is 10.0. The number of ether oxygens (including phenoxy) is 1. The number of carbonyl (C=O) groups excluding carboxylic acids is 2. The molecule has 2 N–H and O–H groups in total. The fraction of sp³-hybridized carbons (Fsp3) is 0.200. The van der Waals surface area contributed by atoms with Gasteiger partial charge in [-0.25, -0.2) is 9.52 Å². The number of aryl methyl sites for hydroxylation is 1. The highest BCUT2D eigenvalue weighted by atomic mass is 35.7. The van der Waals surface area contributed by atoms with Gasteiger partial charge in [-0.1, -0.05) is 0 Å². The van der Waals surface area contributed by atoms with Crippen LogP contribution in [0.1, 0.15) is 12.0 Å². The monoisotopic (exact) mass is 304 g/mol. The van der Waals surface area contributed by atoms with Crippen molar-refractivity contribution in [2.75, 3.05) is 5.32 Å². The molecule has 1 aromatic rings. The van der Waals surface area contributed by atoms with Crippen molar-refractivity contribution in [1.82, 2.24) is 4.72 Å². The Kier molecular flexibility index (Phi) is 3.63. The van der Waals surface area contributed by atoms with Crippen LogP contribution in [0.15, 0.2) is 18.2 Å². The number of nitrogens with one attached hydrogen (secondary N) is 2. The van der Waals surface area contributed by atoms with E-state index in [0.717, 1.165) is 5.56 Å². The van der Waals surface area contributed by atoms with Crippen molar-refractivity contribution < 1.29 is 22.7 Å². The third-order valence-electron chi connectivity index (χ3n) is 2.39. The number of amides is 2. The first kappa shape index (κ1) is 13.6. The van der Waals surface area contributed by atoms with Crippen molar-refractivity contribution in [3.8, 4) is 5.75 Å². The van der Waals surface area contributed by atoms with Crippen LogP contribution in [-0.2, 0) is 20.5 Å². The van der Waals surface area contributed by atoms with Crippen molar-refractivity contribution in [2.45, 2.75) is 12.8 Å². The SMILES string of the molecule is O=C1CCc2cc(OC(=O)NS(=O)(=O)Cl)ccc2N1. The van der Waals surface area contributed by atoms with Gasteiger partial charge in [0.25, 0.3) is 0 Å². The molecule has 19 heavy (non-hydrogen) atoms. The Morgan fingerprint density at radius 3 is 2.79 bits per heavy atom. The maximum atomic E-state index is 11.2. The summed E-state index contributed by atoms with van der Waals surface area (Å²) in [5.41, 5.74) is 1.45. The minimum absolute atomic E-state index is 0.0767. The van der Waals surface area contributed by atoms with Gasteiger partial charge in [0.05, 0.1) is 0 Å². The van der Waals surface area contributed by atoms with Gasteiger partial charge >= 0.3 is 15.3 Å². The number of hydrogen-bond donors (Lipinski definition) is 2. The molecule has 1 aromatic carbocycles. The maximum Gasteiger partial charge on any atom is 0.427 e. The zero-order valence-corrected chi connectivity index (χ0v) is 11.0. The zero-order chi connectivity index (χ0) is 14.0. The average molecular weight is 305 g/mol. The van der Waals surface area contributed by atoms with E-state index in [2.05, 4.69) is 5.32 Å². The van der Waals surface area contributed by atoms with E-state index < -0.39 is 15.3 Å². The Morgan fingerprint density at radius 1 is 1.37 bits per heavy atom. The van der Waals surface area contributed by atoms with Crippen molar-refractivity contribution in [3.63, 3.8) is 0 Å². The van der Waals surface area contributed by atoms with Crippen molar-refractivity contribution >= 4 is 37.6 Å². The highest BCUT2D eigenvalue weighted by molar-refractivity contribution is 8.12. The predicted octanol–water partition coefficient (Wildman–Crippen LogP) is 1.14. The van der Waals surface area contributed by atoms with Gasteiger partial charge in [-0.15, -0.1) is 0 Å². The standard InChI is InChI=1S/C10H9ClN2O5S/c11-19(16,17)13-10(15)18-7-2-3-8-6(5-7)1-4-9(14)12-8/h2-3,5H,1,4H2,(H,12,14)(H,13,15). The van der Waals surface area contributed by atoms with E-state index in [-0.39, 0.29) is 11.7 Å². The molecular weight excluding hydrogens is 296 g/mol. The third kappa shape index (κ3) is 3.83. The molecule has 0 fully saturated rings. The molecule has 0 aliphatic carbocycles. The number of halogens is 1. The Hall–Kier alpha value is -1.80. The van der Waals surface area contributed by atoms with E-state index in [9.17, 15) is 18.0 Å². The molecule has 1 heterocycles. The molecule has 0 bridgehead atoms. The second-order valence-corrected chi connectivity index (χ2v) is 6.10. The fourth-order valence-corrected chi connectivity index (χ4v) is 2.08. The molecule has 0 saturated heterocycles. The summed E-state index contributed by atoms with van der Waals surface area (Å²) in [6.07, 6.45) is -0.332. The van der Waals surface area contributed by atoms with Gasteiger partial charge in [-0.05, 0) is 30.2 Å². The van der Waals surface area contributed by atoms with Crippen LogP contribution in [0, 0.1) is 0 Å². The molecule has 0 saturated carbocycles. The van der Waals surface area contributed by atoms with Gasteiger partial charge in [0.15, 0.2) is 0 Å². The summed E-state index contributed by atoms with van der Waals surface area (Å²) >= 11 is 0. The third-order valence-corrected chi connectivity index (χ3v) is 3.03. The summed E-state index contributed by atoms with van der Waals surface area (Å²) in [5.74, 6) is 0.0832. The van der Waals surface area contributed by atoms with Crippen molar-refractivity contribution in [3.05, 3.63) is 23.8 Å². The molecule has 0 atom stereocenters. The predicted molar refractivity (Wildman–Crippen MR) is 67.3 cm³/mol. The number of hydrogen-bond acceptors (Lipinski definition) is 5. The summed E-state index contributed by atoms with van der Waals surface area (Å²) in [7, 11) is 0.661. The van der Waals surface area contributed by atoms with E-state index in [1.807, 2.05) is 0 Å². The quantitative estimate of drug-likeness (QED) is 0.798. The second kappa shape index (κ2) is 5.06. The summed E-state index contributed by atoms with van der Waals surface area (Å²) in [6.45, 7) is 0. The molecule has 1 aliphatic heterocycles. The van der Waals surface area contributed by atoms with E-state index in [0.29, 0.717) is 18.5 Å². The van der Waals surface area contributed by atoms with Gasteiger partial charge in [0, 0.05) is 22.8 Å². The number of fused-ring (bicyclic) bond motifs is 1. The number of benzene rings is 1. The maximum absolute atomic E-state index is 11.2. The largest absolute Gasteiger partial charge is 0.427 e. The molecule has 102 valence electrons. The average Bonchev–Trinajstić information content (AvgIpc) is 2.26. The lowest BCUT2D eigenvalue weighted by Crippen LogP contribution is -2.29. The lowest BCUT2D eigenvalue weighted by Gasteiger charge is -2.17. The van der Waals surface area contributed by atoms with E-state index in [4.69, 9.17) is 15.4 Å². The highest BCUT2D eigenvalue weighted by Gasteiger charge is 2.17. The molecule has 0 unspecified atom stereocenters. The summed E-state index contributed by atoms with van der Waals surface area (Å²) in [6, 6.07) is 4.56. The molecule has 2 amide bonds. The number of rotatable bonds is 2. The topological polar surface area (TPSA) is 102 Å². The molecule has 2 rings (SSSR count). The van der Waals surface area contributed by atoms with Gasteiger partial charge in [0.1, 0.15) is 5.75 Å². The molecule has 7 nitrogen and oxygen atoms in total. The van der Waals surface area contributed by atoms with Gasteiger partial charge in [-0.2, -0.15) is 8.42 Å². The Morgan fingerprint density at radius 2 is 2.11 bits per heavy atom. The second-order valence-electron chi connectivity index (χ2n) is 3.80. The smallest absolute Gasteiger partial charge is 0.410 e. The Balaban J connectivity index is 2.11. The molecule has 9 heteroatoms. The molecule has 1 aliphatic rings. The van der Waals surface area contributed by atoms with Gasteiger partial charge < -0.3 is 10.1 Å². The van der Waals surface area contributed by atoms with E-state index >= 15 is 0 Å². The van der Waals surface area contributed by atoms with Crippen LogP contribution in [-0.4, -0.2) is 20.4 Å². The minimum atomic E-state index is -4.18. The summed E-state index contributed by atoms with van der Waals surface area (Å²) in [4.78, 5) is 22.3. The van der Waals surface area contributed by atoms with Gasteiger partial charge in [-0.3, -0.25) is 4.79 Å². The number of anilines is 1. The van der Waals surface area contributed by atoms with Crippen molar-refractivity contribution in [2.24, 2.45) is 0 Å². The van der Waals surface area contributed by atoms with Gasteiger partial charge in [0.2, 0.25) is 5.91 Å². The first-order valence-electron chi connectivity index (χ1n) is 5.20. The van der Waals surface area contributed by atoms with E-state index in [1.54, 1.807) is 12.1 Å². The van der Waals surface area contributed by atoms with Crippen LogP contribution in [0.5, 0.6) is 5.75 Å². The van der Waals surface area contributed by atoms with Crippen LogP contribution >= 0.6 is 10.7 Å². The Bertz CT molecular complexity index is 643. The van der Waals surface area contributed by atoms with Crippen LogP contribution in [0.25, 0.3) is 0 Å². The van der Waals surface area contributed by atoms with Crippen LogP contribution < -0.4 is 14.8 Å². The molecule has 0 spiro atoms. The molecule has 0 radical (unpaired) electrons. The number of carbonyl (C=O) groups is 2. The summed E-state index contributed by atoms with van der Waals surface area (Å²) in [5, 5.41) is 2.67. The van der Waals surface area contributed by atoms with Crippen LogP contribution in [0.3, 0.4) is 0 Å². The van der Waals surface area contributed by atoms with E-state index in [1.165, 1.54) is 10.8 Å². The Labute approximate surface area is 113 Å². The lowest BCUT2D eigenvalue weighted by molar-refractivity contribution is -0.116. The minimum Gasteiger partial charge on any atom is -0.410 e.